The van der Waals surface area contributed by atoms with Gasteiger partial charge in [0.15, 0.2) is 0 Å². The van der Waals surface area contributed by atoms with E-state index in [-0.39, 0.29) is 0 Å². The number of para-hydroxylation sites is 1. The van der Waals surface area contributed by atoms with Gasteiger partial charge in [0.25, 0.3) is 0 Å². The van der Waals surface area contributed by atoms with Crippen LogP contribution in [0.1, 0.15) is 19.3 Å². The summed E-state index contributed by atoms with van der Waals surface area (Å²) in [4.78, 5) is 2.31. The van der Waals surface area contributed by atoms with E-state index in [1.54, 1.807) is 0 Å². The maximum atomic E-state index is 6.28. The van der Waals surface area contributed by atoms with Gasteiger partial charge in [0.05, 0.1) is 5.38 Å². The number of alkyl halides is 1. The van der Waals surface area contributed by atoms with Crippen LogP contribution in [0.3, 0.4) is 0 Å². The van der Waals surface area contributed by atoms with Crippen molar-refractivity contribution in [3.63, 3.8) is 0 Å². The van der Waals surface area contributed by atoms with Crippen LogP contribution < -0.4 is 4.90 Å². The van der Waals surface area contributed by atoms with Crippen molar-refractivity contribution in [2.75, 3.05) is 11.9 Å². The van der Waals surface area contributed by atoms with Crippen molar-refractivity contribution in [1.29, 1.82) is 0 Å². The predicted molar refractivity (Wildman–Crippen MR) is 62.1 cm³/mol. The molecule has 0 saturated heterocycles. The number of rotatable bonds is 2. The Morgan fingerprint density at radius 1 is 1.21 bits per heavy atom. The third-order valence-electron chi connectivity index (χ3n) is 3.06. The first-order valence-electron chi connectivity index (χ1n) is 5.21. The topological polar surface area (TPSA) is 3.24 Å². The van der Waals surface area contributed by atoms with Gasteiger partial charge in [0.2, 0.25) is 0 Å². The molecule has 0 heterocycles. The molecule has 1 fully saturated rings. The smallest absolute Gasteiger partial charge is 0.0539 e. The Morgan fingerprint density at radius 2 is 1.93 bits per heavy atom. The summed E-state index contributed by atoms with van der Waals surface area (Å²) in [5.41, 5.74) is 1.27. The lowest BCUT2D eigenvalue weighted by Crippen LogP contribution is -2.35. The van der Waals surface area contributed by atoms with Gasteiger partial charge in [-0.3, -0.25) is 0 Å². The minimum atomic E-state index is 0.320. The normalized spacial score (nSPS) is 26.4. The summed E-state index contributed by atoms with van der Waals surface area (Å²) < 4.78 is 0. The van der Waals surface area contributed by atoms with Crippen LogP contribution in [-0.4, -0.2) is 18.5 Å². The standard InChI is InChI=1S/C12H16ClN/c1-14(10-6-3-2-4-7-10)12-9-5-8-11(12)13/h2-4,6-7,11-12H,5,8-9H2,1H3/t11-,12-/m1/s1. The fourth-order valence-corrected chi connectivity index (χ4v) is 2.64. The van der Waals surface area contributed by atoms with Gasteiger partial charge in [-0.1, -0.05) is 18.2 Å². The number of halogens is 1. The molecule has 1 saturated carbocycles. The zero-order valence-corrected chi connectivity index (χ0v) is 9.24. The van der Waals surface area contributed by atoms with Crippen molar-refractivity contribution in [3.05, 3.63) is 30.3 Å². The maximum absolute atomic E-state index is 6.28. The van der Waals surface area contributed by atoms with Gasteiger partial charge in [-0.25, -0.2) is 0 Å². The summed E-state index contributed by atoms with van der Waals surface area (Å²) in [7, 11) is 2.14. The molecule has 1 aliphatic carbocycles. The lowest BCUT2D eigenvalue weighted by molar-refractivity contribution is 0.659. The van der Waals surface area contributed by atoms with Crippen molar-refractivity contribution < 1.29 is 0 Å². The van der Waals surface area contributed by atoms with Crippen LogP contribution in [0.4, 0.5) is 5.69 Å². The Morgan fingerprint density at radius 3 is 2.50 bits per heavy atom. The predicted octanol–water partition coefficient (Wildman–Crippen LogP) is 3.28. The highest BCUT2D eigenvalue weighted by molar-refractivity contribution is 6.21. The van der Waals surface area contributed by atoms with E-state index in [9.17, 15) is 0 Å². The van der Waals surface area contributed by atoms with Crippen LogP contribution in [0.15, 0.2) is 30.3 Å². The summed E-state index contributed by atoms with van der Waals surface area (Å²) >= 11 is 6.28. The first-order valence-corrected chi connectivity index (χ1v) is 5.64. The Bertz CT molecular complexity index is 286. The zero-order chi connectivity index (χ0) is 9.97. The monoisotopic (exact) mass is 209 g/mol. The molecular weight excluding hydrogens is 194 g/mol. The molecule has 2 heteroatoms. The number of benzene rings is 1. The van der Waals surface area contributed by atoms with Crippen LogP contribution in [-0.2, 0) is 0 Å². The van der Waals surface area contributed by atoms with Gasteiger partial charge in [-0.05, 0) is 31.4 Å². The van der Waals surface area contributed by atoms with Crippen molar-refractivity contribution in [2.24, 2.45) is 0 Å². The molecule has 2 atom stereocenters. The lowest BCUT2D eigenvalue weighted by atomic mass is 10.2. The highest BCUT2D eigenvalue weighted by atomic mass is 35.5. The first-order chi connectivity index (χ1) is 6.79. The van der Waals surface area contributed by atoms with E-state index in [1.165, 1.54) is 18.5 Å². The van der Waals surface area contributed by atoms with Gasteiger partial charge < -0.3 is 4.90 Å². The molecule has 0 aromatic heterocycles. The van der Waals surface area contributed by atoms with Gasteiger partial charge in [-0.15, -0.1) is 11.6 Å². The molecule has 0 radical (unpaired) electrons. The van der Waals surface area contributed by atoms with Gasteiger partial charge >= 0.3 is 0 Å². The Labute approximate surface area is 90.7 Å². The molecule has 1 aromatic carbocycles. The summed E-state index contributed by atoms with van der Waals surface area (Å²) in [6.45, 7) is 0. The second kappa shape index (κ2) is 4.22. The molecule has 1 nitrogen and oxygen atoms in total. The molecule has 0 N–H and O–H groups in total. The van der Waals surface area contributed by atoms with Crippen LogP contribution in [0.5, 0.6) is 0 Å². The van der Waals surface area contributed by atoms with E-state index in [0.717, 1.165) is 6.42 Å². The molecule has 2 rings (SSSR count). The molecular formula is C12H16ClN. The van der Waals surface area contributed by atoms with Crippen molar-refractivity contribution >= 4 is 17.3 Å². The van der Waals surface area contributed by atoms with Crippen LogP contribution in [0, 0.1) is 0 Å². The maximum Gasteiger partial charge on any atom is 0.0539 e. The van der Waals surface area contributed by atoms with Crippen LogP contribution in [0.2, 0.25) is 0 Å². The largest absolute Gasteiger partial charge is 0.370 e. The summed E-state index contributed by atoms with van der Waals surface area (Å²) in [5, 5.41) is 0.320. The summed E-state index contributed by atoms with van der Waals surface area (Å²) in [6.07, 6.45) is 3.64. The van der Waals surface area contributed by atoms with Gasteiger partial charge in [0, 0.05) is 18.8 Å². The second-order valence-electron chi connectivity index (χ2n) is 3.96. The Hall–Kier alpha value is -0.690. The minimum Gasteiger partial charge on any atom is -0.370 e. The second-order valence-corrected chi connectivity index (χ2v) is 4.52. The van der Waals surface area contributed by atoms with Gasteiger partial charge in [0.1, 0.15) is 0 Å². The molecule has 0 unspecified atom stereocenters. The quantitative estimate of drug-likeness (QED) is 0.676. The van der Waals surface area contributed by atoms with E-state index in [0.29, 0.717) is 11.4 Å². The number of anilines is 1. The molecule has 1 aromatic rings. The van der Waals surface area contributed by atoms with Crippen LogP contribution in [0.25, 0.3) is 0 Å². The van der Waals surface area contributed by atoms with E-state index in [2.05, 4.69) is 36.2 Å². The third kappa shape index (κ3) is 1.88. The van der Waals surface area contributed by atoms with Gasteiger partial charge in [-0.2, -0.15) is 0 Å². The molecule has 0 amide bonds. The van der Waals surface area contributed by atoms with Crippen molar-refractivity contribution in [3.8, 4) is 0 Å². The fourth-order valence-electron chi connectivity index (χ4n) is 2.19. The number of hydrogen-bond acceptors (Lipinski definition) is 1. The fraction of sp³-hybridized carbons (Fsp3) is 0.500. The number of hydrogen-bond donors (Lipinski definition) is 0. The van der Waals surface area contributed by atoms with Crippen molar-refractivity contribution in [1.82, 2.24) is 0 Å². The summed E-state index contributed by atoms with van der Waals surface area (Å²) in [5.74, 6) is 0. The van der Waals surface area contributed by atoms with E-state index in [1.807, 2.05) is 6.07 Å². The highest BCUT2D eigenvalue weighted by Gasteiger charge is 2.28. The third-order valence-corrected chi connectivity index (χ3v) is 3.57. The Balaban J connectivity index is 2.12. The van der Waals surface area contributed by atoms with E-state index >= 15 is 0 Å². The van der Waals surface area contributed by atoms with E-state index in [4.69, 9.17) is 11.6 Å². The average Bonchev–Trinajstić information content (AvgIpc) is 2.65. The molecule has 0 bridgehead atoms. The average molecular weight is 210 g/mol. The van der Waals surface area contributed by atoms with Crippen molar-refractivity contribution in [2.45, 2.75) is 30.7 Å². The van der Waals surface area contributed by atoms with Crippen LogP contribution >= 0.6 is 11.6 Å². The minimum absolute atomic E-state index is 0.320. The number of nitrogens with zero attached hydrogens (tertiary/aromatic N) is 1. The first kappa shape index (κ1) is 9.85. The molecule has 0 spiro atoms. The van der Waals surface area contributed by atoms with E-state index < -0.39 is 0 Å². The zero-order valence-electron chi connectivity index (χ0n) is 8.49. The molecule has 76 valence electrons. The Kier molecular flexibility index (Phi) is 2.97. The lowest BCUT2D eigenvalue weighted by Gasteiger charge is -2.28. The highest BCUT2D eigenvalue weighted by Crippen LogP contribution is 2.30. The molecule has 1 aliphatic rings. The molecule has 14 heavy (non-hydrogen) atoms. The molecule has 0 aliphatic heterocycles. The summed E-state index contributed by atoms with van der Waals surface area (Å²) in [6, 6.07) is 11.0. The SMILES string of the molecule is CN(c1ccccc1)[C@@H]1CCC[C@H]1Cl.